The van der Waals surface area contributed by atoms with Crippen molar-refractivity contribution in [3.8, 4) is 17.0 Å². The molecule has 33 heavy (non-hydrogen) atoms. The zero-order valence-corrected chi connectivity index (χ0v) is 19.7. The summed E-state index contributed by atoms with van der Waals surface area (Å²) in [7, 11) is 5.62. The molecule has 2 N–H and O–H groups in total. The van der Waals surface area contributed by atoms with Gasteiger partial charge in [-0.25, -0.2) is 15.0 Å². The van der Waals surface area contributed by atoms with E-state index in [1.807, 2.05) is 67.5 Å². The van der Waals surface area contributed by atoms with Gasteiger partial charge in [0.1, 0.15) is 5.75 Å². The number of benzene rings is 2. The predicted octanol–water partition coefficient (Wildman–Crippen LogP) is 3.55. The zero-order chi connectivity index (χ0) is 23.4. The van der Waals surface area contributed by atoms with Crippen molar-refractivity contribution in [2.75, 3.05) is 40.0 Å². The maximum absolute atomic E-state index is 13.5. The molecule has 0 aliphatic carbocycles. The molecule has 0 aliphatic heterocycles. The number of hydrogen-bond donors (Lipinski definition) is 1. The molecule has 0 unspecified atom stereocenters. The number of nitrogen functional groups attached to an aromatic ring is 1. The summed E-state index contributed by atoms with van der Waals surface area (Å²) < 4.78 is 6.25. The summed E-state index contributed by atoms with van der Waals surface area (Å²) in [5.41, 5.74) is 9.15. The van der Waals surface area contributed by atoms with Crippen LogP contribution in [0, 0.1) is 0 Å². The van der Waals surface area contributed by atoms with Gasteiger partial charge in [0.25, 0.3) is 5.91 Å². The molecular weight excluding hydrogens is 436 g/mol. The highest BCUT2D eigenvalue weighted by molar-refractivity contribution is 7.20. The quantitative estimate of drug-likeness (QED) is 0.428. The molecule has 0 bridgehead atoms. The van der Waals surface area contributed by atoms with E-state index in [0.717, 1.165) is 39.3 Å². The maximum atomic E-state index is 13.5. The lowest BCUT2D eigenvalue weighted by atomic mass is 10.1. The van der Waals surface area contributed by atoms with Crippen LogP contribution in [0.25, 0.3) is 21.5 Å². The van der Waals surface area contributed by atoms with E-state index in [9.17, 15) is 4.79 Å². The number of carbonyl (C=O) groups excluding carboxylic acids is 1. The molecule has 0 saturated heterocycles. The average molecular weight is 463 g/mol. The largest absolute Gasteiger partial charge is 0.497 e. The molecule has 0 radical (unpaired) electrons. The molecule has 2 aromatic carbocycles. The van der Waals surface area contributed by atoms with Gasteiger partial charge < -0.3 is 20.3 Å². The Morgan fingerprint density at radius 2 is 1.94 bits per heavy atom. The summed E-state index contributed by atoms with van der Waals surface area (Å²) in [4.78, 5) is 30.2. The van der Waals surface area contributed by atoms with E-state index >= 15 is 0 Å². The van der Waals surface area contributed by atoms with E-state index in [1.165, 1.54) is 11.3 Å². The molecule has 4 aromatic rings. The fourth-order valence-electron chi connectivity index (χ4n) is 3.41. The van der Waals surface area contributed by atoms with Gasteiger partial charge in [0.2, 0.25) is 5.95 Å². The van der Waals surface area contributed by atoms with Crippen LogP contribution in [0.4, 0.5) is 5.95 Å². The third-order valence-electron chi connectivity index (χ3n) is 5.15. The molecular formula is C24H26N6O2S. The van der Waals surface area contributed by atoms with Gasteiger partial charge in [-0.15, -0.1) is 11.3 Å². The summed E-state index contributed by atoms with van der Waals surface area (Å²) in [5.74, 6) is 0.904. The Bertz CT molecular complexity index is 1270. The average Bonchev–Trinajstić information content (AvgIpc) is 3.25. The van der Waals surface area contributed by atoms with Crippen molar-refractivity contribution in [2.24, 2.45) is 0 Å². The number of carbonyl (C=O) groups is 1. The summed E-state index contributed by atoms with van der Waals surface area (Å²) >= 11 is 1.38. The fourth-order valence-corrected chi connectivity index (χ4v) is 4.38. The second kappa shape index (κ2) is 9.93. The molecule has 0 saturated carbocycles. The number of thiazole rings is 1. The van der Waals surface area contributed by atoms with E-state index in [4.69, 9.17) is 10.5 Å². The third kappa shape index (κ3) is 5.44. The molecule has 8 nitrogen and oxygen atoms in total. The first-order valence-electron chi connectivity index (χ1n) is 10.5. The van der Waals surface area contributed by atoms with E-state index in [1.54, 1.807) is 13.3 Å². The smallest absolute Gasteiger partial charge is 0.283 e. The van der Waals surface area contributed by atoms with E-state index in [2.05, 4.69) is 19.9 Å². The highest BCUT2D eigenvalue weighted by atomic mass is 32.1. The van der Waals surface area contributed by atoms with Crippen molar-refractivity contribution in [2.45, 2.75) is 6.54 Å². The lowest BCUT2D eigenvalue weighted by molar-refractivity contribution is 0.0731. The van der Waals surface area contributed by atoms with Crippen molar-refractivity contribution >= 4 is 33.4 Å². The van der Waals surface area contributed by atoms with Crippen molar-refractivity contribution in [1.29, 1.82) is 0 Å². The molecule has 1 amide bonds. The van der Waals surface area contributed by atoms with Gasteiger partial charge in [0.15, 0.2) is 5.01 Å². The highest BCUT2D eigenvalue weighted by Crippen LogP contribution is 2.28. The molecule has 0 fully saturated rings. The SMILES string of the molecule is COc1cccc(CN(CCN(C)C)C(=O)c2nc3ccc(-c4ccnc(N)n4)cc3s2)c1. The summed E-state index contributed by atoms with van der Waals surface area (Å²) in [6.07, 6.45) is 1.63. The lowest BCUT2D eigenvalue weighted by Crippen LogP contribution is -2.36. The highest BCUT2D eigenvalue weighted by Gasteiger charge is 2.21. The molecule has 2 aromatic heterocycles. The summed E-state index contributed by atoms with van der Waals surface area (Å²) in [6, 6.07) is 15.4. The van der Waals surface area contributed by atoms with Gasteiger partial charge in [-0.05, 0) is 50.0 Å². The van der Waals surface area contributed by atoms with Crippen LogP contribution in [-0.4, -0.2) is 65.0 Å². The van der Waals surface area contributed by atoms with E-state index < -0.39 is 0 Å². The topological polar surface area (TPSA) is 97.5 Å². The maximum Gasteiger partial charge on any atom is 0.283 e. The number of aromatic nitrogens is 3. The Kier molecular flexibility index (Phi) is 6.81. The van der Waals surface area contributed by atoms with Crippen LogP contribution in [0.2, 0.25) is 0 Å². The molecule has 0 atom stereocenters. The monoisotopic (exact) mass is 462 g/mol. The number of nitrogens with zero attached hydrogens (tertiary/aromatic N) is 5. The molecule has 170 valence electrons. The van der Waals surface area contributed by atoms with Gasteiger partial charge in [0.05, 0.1) is 23.0 Å². The van der Waals surface area contributed by atoms with Crippen LogP contribution in [0.3, 0.4) is 0 Å². The molecule has 2 heterocycles. The van der Waals surface area contributed by atoms with Crippen molar-refractivity contribution in [1.82, 2.24) is 24.8 Å². The first-order valence-corrected chi connectivity index (χ1v) is 11.3. The lowest BCUT2D eigenvalue weighted by Gasteiger charge is -2.24. The number of rotatable bonds is 8. The van der Waals surface area contributed by atoms with Crippen LogP contribution in [-0.2, 0) is 6.54 Å². The fraction of sp³-hybridized carbons (Fsp3) is 0.250. The zero-order valence-electron chi connectivity index (χ0n) is 18.9. The molecule has 0 aliphatic rings. The summed E-state index contributed by atoms with van der Waals surface area (Å²) in [6.45, 7) is 1.82. The van der Waals surface area contributed by atoms with Crippen molar-refractivity contribution < 1.29 is 9.53 Å². The Morgan fingerprint density at radius 1 is 1.09 bits per heavy atom. The second-order valence-corrected chi connectivity index (χ2v) is 8.91. The number of methoxy groups -OCH3 is 1. The second-order valence-electron chi connectivity index (χ2n) is 7.88. The van der Waals surface area contributed by atoms with Gasteiger partial charge >= 0.3 is 0 Å². The Labute approximate surface area is 196 Å². The van der Waals surface area contributed by atoms with Crippen LogP contribution < -0.4 is 10.5 Å². The first kappa shape index (κ1) is 22.6. The standard InChI is InChI=1S/C24H26N6O2S/c1-29(2)11-12-30(15-16-5-4-6-18(13-16)32-3)23(31)22-27-20-8-7-17(14-21(20)33-22)19-9-10-26-24(25)28-19/h4-10,13-14H,11-12,15H2,1-3H3,(H2,25,26,28). The molecule has 9 heteroatoms. The summed E-state index contributed by atoms with van der Waals surface area (Å²) in [5, 5.41) is 0.464. The number of ether oxygens (including phenoxy) is 1. The third-order valence-corrected chi connectivity index (χ3v) is 6.16. The number of hydrogen-bond acceptors (Lipinski definition) is 8. The Balaban J connectivity index is 1.62. The van der Waals surface area contributed by atoms with Gasteiger partial charge in [-0.2, -0.15) is 0 Å². The predicted molar refractivity (Wildman–Crippen MR) is 131 cm³/mol. The van der Waals surface area contributed by atoms with E-state index in [-0.39, 0.29) is 11.9 Å². The molecule has 0 spiro atoms. The normalized spacial score (nSPS) is 11.2. The number of nitrogens with two attached hydrogens (primary N) is 1. The Hall–Kier alpha value is -3.56. The van der Waals surface area contributed by atoms with Crippen LogP contribution in [0.15, 0.2) is 54.7 Å². The van der Waals surface area contributed by atoms with Crippen molar-refractivity contribution in [3.05, 3.63) is 65.3 Å². The number of anilines is 1. The van der Waals surface area contributed by atoms with Gasteiger partial charge in [-0.1, -0.05) is 18.2 Å². The minimum atomic E-state index is -0.0892. The Morgan fingerprint density at radius 3 is 2.70 bits per heavy atom. The van der Waals surface area contributed by atoms with E-state index in [0.29, 0.717) is 18.1 Å². The van der Waals surface area contributed by atoms with Gasteiger partial charge in [-0.3, -0.25) is 4.79 Å². The number of amides is 1. The number of fused-ring (bicyclic) bond motifs is 1. The minimum absolute atomic E-state index is 0.0892. The first-order chi connectivity index (χ1) is 15.9. The van der Waals surface area contributed by atoms with Crippen LogP contribution >= 0.6 is 11.3 Å². The number of likely N-dealkylation sites (N-methyl/N-ethyl adjacent to an activating group) is 1. The van der Waals surface area contributed by atoms with Crippen LogP contribution in [0.1, 0.15) is 15.4 Å². The van der Waals surface area contributed by atoms with Crippen LogP contribution in [0.5, 0.6) is 5.75 Å². The van der Waals surface area contributed by atoms with Crippen molar-refractivity contribution in [3.63, 3.8) is 0 Å². The van der Waals surface area contributed by atoms with Gasteiger partial charge in [0, 0.05) is 31.4 Å². The molecule has 4 rings (SSSR count). The minimum Gasteiger partial charge on any atom is -0.497 e.